The number of ketones is 1. The fraction of sp³-hybridized carbons (Fsp3) is 0.625. The van der Waals surface area contributed by atoms with Gasteiger partial charge in [0.25, 0.3) is 0 Å². The van der Waals surface area contributed by atoms with Gasteiger partial charge >= 0.3 is 0 Å². The van der Waals surface area contributed by atoms with Crippen LogP contribution in [0.25, 0.3) is 0 Å². The van der Waals surface area contributed by atoms with Crippen molar-refractivity contribution in [3.63, 3.8) is 0 Å². The van der Waals surface area contributed by atoms with Crippen LogP contribution in [0.15, 0.2) is 0 Å². The van der Waals surface area contributed by atoms with Crippen molar-refractivity contribution in [2.45, 2.75) is 25.8 Å². The molecular weight excluding hydrogens is 172 g/mol. The highest BCUT2D eigenvalue weighted by Gasteiger charge is 2.53. The summed E-state index contributed by atoms with van der Waals surface area (Å²) in [5.74, 6) is -0.454. The van der Waals surface area contributed by atoms with Crippen molar-refractivity contribution in [2.24, 2.45) is 11.7 Å². The number of Topliss-reactive ketones (excluding diaryl/α,β-unsaturated/α-hetero) is 1. The Morgan fingerprint density at radius 2 is 2.15 bits per heavy atom. The predicted molar refractivity (Wildman–Crippen MR) is 44.5 cm³/mol. The number of carbonyl (C=O) groups is 3. The number of rotatable bonds is 1. The van der Waals surface area contributed by atoms with Crippen LogP contribution in [0.1, 0.15) is 19.8 Å². The van der Waals surface area contributed by atoms with E-state index in [1.54, 1.807) is 6.92 Å². The Hall–Kier alpha value is -1.39. The SMILES string of the molecule is CCC(N)=O.O=C1CC2NC(=O)C12. The number of β-lactam (4-membered cyclic amide) rings is 1. The van der Waals surface area contributed by atoms with Crippen LogP contribution in [-0.2, 0) is 14.4 Å². The number of hydrogen-bond donors (Lipinski definition) is 2. The van der Waals surface area contributed by atoms with Crippen molar-refractivity contribution in [1.29, 1.82) is 0 Å². The van der Waals surface area contributed by atoms with Gasteiger partial charge in [0, 0.05) is 12.8 Å². The van der Waals surface area contributed by atoms with Crippen molar-refractivity contribution in [3.8, 4) is 0 Å². The highest BCUT2D eigenvalue weighted by molar-refractivity contribution is 6.12. The first-order chi connectivity index (χ1) is 6.06. The lowest BCUT2D eigenvalue weighted by Crippen LogP contribution is -2.69. The number of nitrogens with one attached hydrogen (secondary N) is 1. The molecule has 2 atom stereocenters. The number of piperidine rings is 1. The van der Waals surface area contributed by atoms with E-state index in [0.717, 1.165) is 0 Å². The van der Waals surface area contributed by atoms with E-state index < -0.39 is 0 Å². The van der Waals surface area contributed by atoms with E-state index in [1.165, 1.54) is 0 Å². The quantitative estimate of drug-likeness (QED) is 0.402. The van der Waals surface area contributed by atoms with E-state index in [2.05, 4.69) is 11.1 Å². The monoisotopic (exact) mass is 184 g/mol. The van der Waals surface area contributed by atoms with Gasteiger partial charge in [0.1, 0.15) is 11.7 Å². The Bertz CT molecular complexity index is 244. The first kappa shape index (κ1) is 9.70. The minimum Gasteiger partial charge on any atom is -0.370 e. The van der Waals surface area contributed by atoms with Crippen LogP contribution in [0.3, 0.4) is 0 Å². The molecule has 0 aromatic rings. The van der Waals surface area contributed by atoms with Crippen LogP contribution in [0.5, 0.6) is 0 Å². The van der Waals surface area contributed by atoms with E-state index in [4.69, 9.17) is 0 Å². The van der Waals surface area contributed by atoms with Gasteiger partial charge in [-0.25, -0.2) is 0 Å². The maximum atomic E-state index is 10.4. The number of amides is 2. The Labute approximate surface area is 75.7 Å². The predicted octanol–water partition coefficient (Wildman–Crippen LogP) is -1.04. The van der Waals surface area contributed by atoms with E-state index in [1.807, 2.05) is 0 Å². The molecule has 2 amide bonds. The fourth-order valence-electron chi connectivity index (χ4n) is 1.17. The topological polar surface area (TPSA) is 89.3 Å². The molecule has 3 N–H and O–H groups in total. The lowest BCUT2D eigenvalue weighted by molar-refractivity contribution is -0.153. The molecule has 0 spiro atoms. The third-order valence-corrected chi connectivity index (χ3v) is 2.13. The van der Waals surface area contributed by atoms with Gasteiger partial charge in [-0.05, 0) is 0 Å². The van der Waals surface area contributed by atoms with Crippen molar-refractivity contribution >= 4 is 17.6 Å². The summed E-state index contributed by atoms with van der Waals surface area (Å²) >= 11 is 0. The van der Waals surface area contributed by atoms with Crippen LogP contribution in [-0.4, -0.2) is 23.6 Å². The van der Waals surface area contributed by atoms with Gasteiger partial charge in [-0.15, -0.1) is 0 Å². The fourth-order valence-corrected chi connectivity index (χ4v) is 1.17. The van der Waals surface area contributed by atoms with Gasteiger partial charge in [-0.3, -0.25) is 14.4 Å². The molecule has 5 heteroatoms. The van der Waals surface area contributed by atoms with Crippen molar-refractivity contribution in [3.05, 3.63) is 0 Å². The van der Waals surface area contributed by atoms with E-state index in [0.29, 0.717) is 12.8 Å². The second-order valence-electron chi connectivity index (χ2n) is 3.08. The lowest BCUT2D eigenvalue weighted by atomic mass is 9.71. The van der Waals surface area contributed by atoms with Crippen LogP contribution < -0.4 is 11.1 Å². The second-order valence-corrected chi connectivity index (χ2v) is 3.08. The van der Waals surface area contributed by atoms with Gasteiger partial charge in [0.2, 0.25) is 11.8 Å². The summed E-state index contributed by atoms with van der Waals surface area (Å²) < 4.78 is 0. The molecule has 0 aromatic carbocycles. The summed E-state index contributed by atoms with van der Waals surface area (Å²) in [6.07, 6.45) is 1.01. The molecule has 13 heavy (non-hydrogen) atoms. The zero-order chi connectivity index (χ0) is 10.0. The molecule has 2 unspecified atom stereocenters. The molecule has 0 radical (unpaired) electrons. The van der Waals surface area contributed by atoms with Crippen LogP contribution in [0, 0.1) is 5.92 Å². The first-order valence-electron chi connectivity index (χ1n) is 4.17. The third-order valence-electron chi connectivity index (χ3n) is 2.13. The lowest BCUT2D eigenvalue weighted by Gasteiger charge is -2.43. The van der Waals surface area contributed by atoms with Gasteiger partial charge < -0.3 is 11.1 Å². The summed E-state index contributed by atoms with van der Waals surface area (Å²) in [4.78, 5) is 30.4. The molecule has 72 valence electrons. The van der Waals surface area contributed by atoms with Gasteiger partial charge in [-0.1, -0.05) is 6.92 Å². The Kier molecular flexibility index (Phi) is 2.65. The normalized spacial score (nSPS) is 28.4. The molecule has 2 aliphatic rings. The van der Waals surface area contributed by atoms with E-state index in [9.17, 15) is 14.4 Å². The number of hydrogen-bond acceptors (Lipinski definition) is 3. The molecule has 0 bridgehead atoms. The first-order valence-corrected chi connectivity index (χ1v) is 4.17. The molecule has 0 aromatic heterocycles. The average Bonchev–Trinajstić information content (AvgIpc) is 2.03. The standard InChI is InChI=1S/C5H5NO2.C3H7NO/c7-3-1-2-4(3)5(8)6-2;1-2-3(4)5/h2,4H,1H2,(H,6,8);2H2,1H3,(H2,4,5). The summed E-state index contributed by atoms with van der Waals surface area (Å²) in [5, 5.41) is 2.61. The molecule has 1 aliphatic carbocycles. The zero-order valence-electron chi connectivity index (χ0n) is 7.37. The van der Waals surface area contributed by atoms with Crippen molar-refractivity contribution in [1.82, 2.24) is 5.32 Å². The third kappa shape index (κ3) is 1.85. The van der Waals surface area contributed by atoms with Gasteiger partial charge in [-0.2, -0.15) is 0 Å². The Morgan fingerprint density at radius 1 is 1.62 bits per heavy atom. The number of primary amides is 1. The molecule has 2 rings (SSSR count). The highest BCUT2D eigenvalue weighted by Crippen LogP contribution is 2.30. The molecule has 1 saturated carbocycles. The molecule has 1 aliphatic heterocycles. The molecule has 1 saturated heterocycles. The van der Waals surface area contributed by atoms with Gasteiger partial charge in [0.05, 0.1) is 6.04 Å². The smallest absolute Gasteiger partial charge is 0.232 e. The molecule has 5 nitrogen and oxygen atoms in total. The summed E-state index contributed by atoms with van der Waals surface area (Å²) in [7, 11) is 0. The minimum atomic E-state index is -0.245. The average molecular weight is 184 g/mol. The van der Waals surface area contributed by atoms with Crippen LogP contribution in [0.4, 0.5) is 0 Å². The van der Waals surface area contributed by atoms with Crippen molar-refractivity contribution < 1.29 is 14.4 Å². The summed E-state index contributed by atoms with van der Waals surface area (Å²) in [5.41, 5.74) is 4.65. The maximum absolute atomic E-state index is 10.4. The van der Waals surface area contributed by atoms with E-state index >= 15 is 0 Å². The molecule has 1 heterocycles. The largest absolute Gasteiger partial charge is 0.370 e. The zero-order valence-corrected chi connectivity index (χ0v) is 7.37. The summed E-state index contributed by atoms with van der Waals surface area (Å²) in [6.45, 7) is 1.72. The number of fused-ring (bicyclic) bond motifs is 1. The minimum absolute atomic E-state index is 0.0775. The maximum Gasteiger partial charge on any atom is 0.232 e. The summed E-state index contributed by atoms with van der Waals surface area (Å²) in [6, 6.07) is 0.218. The number of nitrogens with two attached hydrogens (primary N) is 1. The van der Waals surface area contributed by atoms with Crippen molar-refractivity contribution in [2.75, 3.05) is 0 Å². The van der Waals surface area contributed by atoms with E-state index in [-0.39, 0.29) is 29.6 Å². The van der Waals surface area contributed by atoms with Gasteiger partial charge in [0.15, 0.2) is 0 Å². The Morgan fingerprint density at radius 3 is 2.31 bits per heavy atom. The Balaban J connectivity index is 0.000000149. The second kappa shape index (κ2) is 3.55. The number of carbonyl (C=O) groups excluding carboxylic acids is 3. The molecule has 2 fully saturated rings. The molecular formula is C8H12N2O3. The highest BCUT2D eigenvalue weighted by atomic mass is 16.2. The van der Waals surface area contributed by atoms with Crippen LogP contribution in [0.2, 0.25) is 0 Å². The van der Waals surface area contributed by atoms with Crippen LogP contribution >= 0.6 is 0 Å².